The number of rotatable bonds is 1. The fraction of sp³-hybridized carbons (Fsp3) is 0.375. The molecule has 0 unspecified atom stereocenters. The van der Waals surface area contributed by atoms with E-state index in [9.17, 15) is 4.79 Å². The molecule has 0 bridgehead atoms. The first-order chi connectivity index (χ1) is 4.74. The van der Waals surface area contributed by atoms with Gasteiger partial charge in [-0.15, -0.1) is 0 Å². The first-order valence-electron chi connectivity index (χ1n) is 3.42. The molecule has 10 heavy (non-hydrogen) atoms. The molecule has 1 heterocycles. The summed E-state index contributed by atoms with van der Waals surface area (Å²) < 4.78 is 0. The highest BCUT2D eigenvalue weighted by Gasteiger charge is 1.92. The van der Waals surface area contributed by atoms with Crippen molar-refractivity contribution in [2.75, 3.05) is 0 Å². The zero-order valence-corrected chi connectivity index (χ0v) is 6.27. The van der Waals surface area contributed by atoms with Gasteiger partial charge in [0.25, 0.3) is 0 Å². The zero-order chi connectivity index (χ0) is 7.56. The van der Waals surface area contributed by atoms with Crippen LogP contribution >= 0.6 is 0 Å². The zero-order valence-electron chi connectivity index (χ0n) is 6.27. The van der Waals surface area contributed by atoms with E-state index in [0.717, 1.165) is 17.7 Å². The van der Waals surface area contributed by atoms with Gasteiger partial charge in [0.2, 0.25) is 0 Å². The van der Waals surface area contributed by atoms with Crippen molar-refractivity contribution in [2.45, 2.75) is 20.3 Å². The molecule has 0 atom stereocenters. The van der Waals surface area contributed by atoms with Gasteiger partial charge in [-0.3, -0.25) is 4.79 Å². The fourth-order valence-corrected chi connectivity index (χ4v) is 0.790. The molecule has 0 radical (unpaired) electrons. The van der Waals surface area contributed by atoms with Gasteiger partial charge in [-0.1, -0.05) is 6.92 Å². The van der Waals surface area contributed by atoms with E-state index in [4.69, 9.17) is 0 Å². The fourth-order valence-electron chi connectivity index (χ4n) is 0.790. The van der Waals surface area contributed by atoms with Gasteiger partial charge in [0.05, 0.1) is 0 Å². The van der Waals surface area contributed by atoms with Crippen LogP contribution in [0.25, 0.3) is 0 Å². The second-order valence-electron chi connectivity index (χ2n) is 2.36. The quantitative estimate of drug-likeness (QED) is 0.620. The van der Waals surface area contributed by atoms with Crippen molar-refractivity contribution < 1.29 is 0 Å². The molecular weight excluding hydrogens is 126 g/mol. The van der Waals surface area contributed by atoms with Crippen molar-refractivity contribution in [3.8, 4) is 0 Å². The van der Waals surface area contributed by atoms with Gasteiger partial charge in [0.15, 0.2) is 5.43 Å². The first-order valence-corrected chi connectivity index (χ1v) is 3.42. The summed E-state index contributed by atoms with van der Waals surface area (Å²) in [6.45, 7) is 3.82. The Balaban J connectivity index is 3.17. The Bertz CT molecular complexity index is 275. The average molecular weight is 137 g/mol. The van der Waals surface area contributed by atoms with Crippen LogP contribution in [0.1, 0.15) is 18.2 Å². The second kappa shape index (κ2) is 2.69. The molecule has 0 saturated heterocycles. The van der Waals surface area contributed by atoms with Crippen LogP contribution in [0.2, 0.25) is 0 Å². The summed E-state index contributed by atoms with van der Waals surface area (Å²) in [5.74, 6) is 0. The van der Waals surface area contributed by atoms with E-state index in [1.807, 2.05) is 6.92 Å². The van der Waals surface area contributed by atoms with Crippen molar-refractivity contribution in [3.63, 3.8) is 0 Å². The summed E-state index contributed by atoms with van der Waals surface area (Å²) in [5.41, 5.74) is 1.89. The largest absolute Gasteiger partial charge is 0.364 e. The van der Waals surface area contributed by atoms with Crippen LogP contribution < -0.4 is 5.43 Å². The lowest BCUT2D eigenvalue weighted by molar-refractivity contribution is 1.02. The Labute approximate surface area is 59.9 Å². The van der Waals surface area contributed by atoms with Crippen LogP contribution in [0, 0.1) is 6.92 Å². The number of aromatic nitrogens is 1. The minimum Gasteiger partial charge on any atom is -0.364 e. The SMILES string of the molecule is CCc1cc(=O)c(C)c[nH]1. The predicted molar refractivity (Wildman–Crippen MR) is 41.2 cm³/mol. The van der Waals surface area contributed by atoms with Crippen LogP contribution in [0.3, 0.4) is 0 Å². The Kier molecular flexibility index (Phi) is 1.90. The third-order valence-corrected chi connectivity index (χ3v) is 1.55. The standard InChI is InChI=1S/C8H11NO/c1-3-7-4-8(10)6(2)5-9-7/h4-5H,3H2,1-2H3,(H,9,10). The third kappa shape index (κ3) is 1.26. The highest BCUT2D eigenvalue weighted by atomic mass is 16.1. The van der Waals surface area contributed by atoms with Crippen LogP contribution in [0.15, 0.2) is 17.1 Å². The molecule has 2 heteroatoms. The van der Waals surface area contributed by atoms with Gasteiger partial charge in [-0.05, 0) is 13.3 Å². The molecule has 54 valence electrons. The Morgan fingerprint density at radius 1 is 1.60 bits per heavy atom. The molecule has 0 aromatic carbocycles. The summed E-state index contributed by atoms with van der Waals surface area (Å²) in [5, 5.41) is 0. The molecule has 0 aliphatic rings. The van der Waals surface area contributed by atoms with Crippen molar-refractivity contribution in [3.05, 3.63) is 33.7 Å². The Morgan fingerprint density at radius 3 is 2.80 bits per heavy atom. The van der Waals surface area contributed by atoms with Gasteiger partial charge in [-0.25, -0.2) is 0 Å². The molecule has 2 nitrogen and oxygen atoms in total. The summed E-state index contributed by atoms with van der Waals surface area (Å²) in [6, 6.07) is 1.65. The van der Waals surface area contributed by atoms with E-state index in [1.165, 1.54) is 0 Å². The van der Waals surface area contributed by atoms with Crippen LogP contribution in [0.4, 0.5) is 0 Å². The van der Waals surface area contributed by atoms with E-state index >= 15 is 0 Å². The van der Waals surface area contributed by atoms with Crippen molar-refractivity contribution in [1.82, 2.24) is 4.98 Å². The van der Waals surface area contributed by atoms with Crippen LogP contribution in [-0.4, -0.2) is 4.98 Å². The molecule has 0 aliphatic carbocycles. The minimum absolute atomic E-state index is 0.121. The van der Waals surface area contributed by atoms with Gasteiger partial charge in [0.1, 0.15) is 0 Å². The molecular formula is C8H11NO. The molecule has 0 amide bonds. The molecule has 0 fully saturated rings. The average Bonchev–Trinajstić information content (AvgIpc) is 1.95. The maximum atomic E-state index is 11.0. The number of hydrogen-bond acceptors (Lipinski definition) is 1. The highest BCUT2D eigenvalue weighted by molar-refractivity contribution is 5.12. The maximum absolute atomic E-state index is 11.0. The number of aryl methyl sites for hydroxylation is 2. The van der Waals surface area contributed by atoms with Crippen molar-refractivity contribution >= 4 is 0 Å². The molecule has 0 saturated carbocycles. The van der Waals surface area contributed by atoms with Crippen LogP contribution in [-0.2, 0) is 6.42 Å². The van der Waals surface area contributed by atoms with E-state index in [-0.39, 0.29) is 5.43 Å². The van der Waals surface area contributed by atoms with E-state index in [0.29, 0.717) is 0 Å². The smallest absolute Gasteiger partial charge is 0.184 e. The van der Waals surface area contributed by atoms with Crippen molar-refractivity contribution in [2.24, 2.45) is 0 Å². The van der Waals surface area contributed by atoms with Crippen molar-refractivity contribution in [1.29, 1.82) is 0 Å². The monoisotopic (exact) mass is 137 g/mol. The molecule has 1 aromatic rings. The molecule has 0 aliphatic heterocycles. The minimum atomic E-state index is 0.121. The Hall–Kier alpha value is -1.05. The summed E-state index contributed by atoms with van der Waals surface area (Å²) in [4.78, 5) is 14.0. The van der Waals surface area contributed by atoms with E-state index in [1.54, 1.807) is 19.2 Å². The lowest BCUT2D eigenvalue weighted by Crippen LogP contribution is -2.05. The summed E-state index contributed by atoms with van der Waals surface area (Å²) in [7, 11) is 0. The first kappa shape index (κ1) is 7.06. The Morgan fingerprint density at radius 2 is 2.30 bits per heavy atom. The lowest BCUT2D eigenvalue weighted by atomic mass is 10.2. The van der Waals surface area contributed by atoms with E-state index < -0.39 is 0 Å². The highest BCUT2D eigenvalue weighted by Crippen LogP contribution is 1.91. The third-order valence-electron chi connectivity index (χ3n) is 1.55. The normalized spacial score (nSPS) is 9.80. The number of nitrogens with one attached hydrogen (secondary N) is 1. The second-order valence-corrected chi connectivity index (χ2v) is 2.36. The maximum Gasteiger partial charge on any atom is 0.184 e. The van der Waals surface area contributed by atoms with Gasteiger partial charge in [0, 0.05) is 23.5 Å². The molecule has 1 N–H and O–H groups in total. The number of hydrogen-bond donors (Lipinski definition) is 1. The number of aromatic amines is 1. The van der Waals surface area contributed by atoms with Crippen LogP contribution in [0.5, 0.6) is 0 Å². The number of H-pyrrole nitrogens is 1. The molecule has 0 spiro atoms. The van der Waals surface area contributed by atoms with E-state index in [2.05, 4.69) is 4.98 Å². The number of pyridine rings is 1. The molecule has 1 aromatic heterocycles. The topological polar surface area (TPSA) is 32.9 Å². The van der Waals surface area contributed by atoms with Gasteiger partial charge in [-0.2, -0.15) is 0 Å². The molecule has 1 rings (SSSR count). The predicted octanol–water partition coefficient (Wildman–Crippen LogP) is 1.25. The summed E-state index contributed by atoms with van der Waals surface area (Å²) in [6.07, 6.45) is 2.64. The summed E-state index contributed by atoms with van der Waals surface area (Å²) >= 11 is 0. The lowest BCUT2D eigenvalue weighted by Gasteiger charge is -1.95. The van der Waals surface area contributed by atoms with Gasteiger partial charge < -0.3 is 4.98 Å². The van der Waals surface area contributed by atoms with Gasteiger partial charge >= 0.3 is 0 Å².